The largest absolute Gasteiger partial charge is 0.504 e. The lowest BCUT2D eigenvalue weighted by Crippen LogP contribution is -2.16. The van der Waals surface area contributed by atoms with Crippen molar-refractivity contribution in [1.82, 2.24) is 9.97 Å². The summed E-state index contributed by atoms with van der Waals surface area (Å²) in [4.78, 5) is 9.56. The Bertz CT molecular complexity index is 1850. The van der Waals surface area contributed by atoms with Crippen molar-refractivity contribution in [3.63, 3.8) is 0 Å². The number of rotatable bonds is 10. The predicted molar refractivity (Wildman–Crippen MR) is 164 cm³/mol. The number of thiazole rings is 1. The van der Waals surface area contributed by atoms with Crippen LogP contribution in [0, 0.1) is 12.7 Å². The van der Waals surface area contributed by atoms with Crippen molar-refractivity contribution < 1.29 is 22.7 Å². The number of nitrogens with zero attached hydrogens (tertiary/aromatic N) is 2. The molecule has 42 heavy (non-hydrogen) atoms. The molecule has 0 spiro atoms. The number of hydrogen-bond donors (Lipinski definition) is 3. The number of aryl methyl sites for hydroxylation is 1. The molecule has 5 aromatic rings. The van der Waals surface area contributed by atoms with Crippen molar-refractivity contribution in [2.45, 2.75) is 24.9 Å². The van der Waals surface area contributed by atoms with Gasteiger partial charge in [-0.25, -0.2) is 14.4 Å². The highest BCUT2D eigenvalue weighted by Gasteiger charge is 2.23. The van der Waals surface area contributed by atoms with Crippen LogP contribution in [-0.4, -0.2) is 30.6 Å². The molecule has 0 aliphatic carbocycles. The number of benzene rings is 3. The van der Waals surface area contributed by atoms with E-state index >= 15 is 0 Å². The second-order valence-electron chi connectivity index (χ2n) is 9.36. The van der Waals surface area contributed by atoms with Gasteiger partial charge in [0.15, 0.2) is 21.7 Å². The number of pyridine rings is 1. The molecule has 0 bridgehead atoms. The van der Waals surface area contributed by atoms with E-state index in [0.717, 1.165) is 10.4 Å². The van der Waals surface area contributed by atoms with Crippen molar-refractivity contribution in [3.8, 4) is 22.8 Å². The van der Waals surface area contributed by atoms with Gasteiger partial charge in [0.2, 0.25) is 0 Å². The Kier molecular flexibility index (Phi) is 8.62. The Morgan fingerprint density at radius 3 is 2.57 bits per heavy atom. The number of para-hydroxylation sites is 1. The van der Waals surface area contributed by atoms with Gasteiger partial charge in [0.1, 0.15) is 5.82 Å². The third-order valence-electron chi connectivity index (χ3n) is 6.39. The van der Waals surface area contributed by atoms with Gasteiger partial charge in [0, 0.05) is 29.0 Å². The second-order valence-corrected chi connectivity index (χ2v) is 12.4. The number of phenols is 1. The fraction of sp³-hybridized carbons (Fsp3) is 0.133. The average molecular weight is 625 g/mol. The van der Waals surface area contributed by atoms with E-state index in [1.54, 1.807) is 37.3 Å². The van der Waals surface area contributed by atoms with E-state index in [9.17, 15) is 17.9 Å². The Balaban J connectivity index is 1.39. The fourth-order valence-corrected chi connectivity index (χ4v) is 6.93. The Morgan fingerprint density at radius 2 is 1.86 bits per heavy atom. The van der Waals surface area contributed by atoms with Crippen LogP contribution >= 0.6 is 22.9 Å². The van der Waals surface area contributed by atoms with Crippen molar-refractivity contribution in [2.24, 2.45) is 0 Å². The number of methoxy groups -OCH3 is 1. The van der Waals surface area contributed by atoms with Crippen molar-refractivity contribution in [1.29, 1.82) is 0 Å². The van der Waals surface area contributed by atoms with Gasteiger partial charge in [0.05, 0.1) is 29.7 Å². The van der Waals surface area contributed by atoms with Crippen molar-refractivity contribution >= 4 is 43.8 Å². The van der Waals surface area contributed by atoms with E-state index in [4.69, 9.17) is 16.3 Å². The van der Waals surface area contributed by atoms with Crippen LogP contribution in [0.2, 0.25) is 5.02 Å². The quantitative estimate of drug-likeness (QED) is 0.153. The first kappa shape index (κ1) is 29.3. The number of aromatic nitrogens is 2. The van der Waals surface area contributed by atoms with Gasteiger partial charge in [-0.3, -0.25) is 4.72 Å². The number of sulfonamides is 1. The summed E-state index contributed by atoms with van der Waals surface area (Å²) in [5.74, 6) is -0.171. The molecule has 0 aliphatic heterocycles. The number of aromatic hydroxyl groups is 1. The molecule has 2 aromatic heterocycles. The maximum atomic E-state index is 13.9. The number of phenolic OH excluding ortho intramolecular Hbond substituents is 1. The molecule has 12 heteroatoms. The van der Waals surface area contributed by atoms with Crippen LogP contribution in [0.1, 0.15) is 21.6 Å². The van der Waals surface area contributed by atoms with Gasteiger partial charge in [-0.2, -0.15) is 8.42 Å². The van der Waals surface area contributed by atoms with E-state index in [0.29, 0.717) is 40.2 Å². The number of nitrogens with one attached hydrogen (secondary N) is 2. The first-order valence-corrected chi connectivity index (χ1v) is 15.4. The van der Waals surface area contributed by atoms with Crippen LogP contribution in [0.25, 0.3) is 11.3 Å². The molecule has 3 aromatic carbocycles. The van der Waals surface area contributed by atoms with Crippen LogP contribution in [-0.2, 0) is 23.0 Å². The number of hydrogen-bond acceptors (Lipinski definition) is 8. The lowest BCUT2D eigenvalue weighted by Gasteiger charge is -2.12. The van der Waals surface area contributed by atoms with E-state index in [1.165, 1.54) is 36.8 Å². The summed E-state index contributed by atoms with van der Waals surface area (Å²) in [6, 6.07) is 20.8. The third-order valence-corrected chi connectivity index (χ3v) is 9.18. The molecule has 0 fully saturated rings. The Labute approximate surface area is 251 Å². The second kappa shape index (κ2) is 12.4. The predicted octanol–water partition coefficient (Wildman–Crippen LogP) is 7.02. The number of ether oxygens (including phenoxy) is 1. The normalized spacial score (nSPS) is 11.3. The first-order chi connectivity index (χ1) is 20.1. The van der Waals surface area contributed by atoms with E-state index in [2.05, 4.69) is 20.0 Å². The molecule has 0 saturated carbocycles. The van der Waals surface area contributed by atoms with Crippen LogP contribution in [0.4, 0.5) is 15.2 Å². The molecule has 216 valence electrons. The Hall–Kier alpha value is -4.19. The fourth-order valence-electron chi connectivity index (χ4n) is 4.34. The van der Waals surface area contributed by atoms with Crippen LogP contribution in [0.15, 0.2) is 84.0 Å². The highest BCUT2D eigenvalue weighted by molar-refractivity contribution is 7.92. The summed E-state index contributed by atoms with van der Waals surface area (Å²) in [5, 5.41) is 13.4. The van der Waals surface area contributed by atoms with Crippen LogP contribution in [0.3, 0.4) is 0 Å². The molecule has 3 N–H and O–H groups in total. The lowest BCUT2D eigenvalue weighted by molar-refractivity contribution is 0.371. The zero-order chi connectivity index (χ0) is 29.9. The van der Waals surface area contributed by atoms with E-state index in [-0.39, 0.29) is 27.5 Å². The average Bonchev–Trinajstić information content (AvgIpc) is 3.35. The van der Waals surface area contributed by atoms with Gasteiger partial charge in [-0.1, -0.05) is 54.1 Å². The van der Waals surface area contributed by atoms with Crippen LogP contribution in [0.5, 0.6) is 11.5 Å². The SMILES string of the molecule is COc1cccc(CNc2cnc(S(=O)(=O)Nc3nc(-c4ccc(F)c(Cl)c4)c(Cc4ccccc4)s3)c(C)c2)c1O. The Morgan fingerprint density at radius 1 is 1.07 bits per heavy atom. The maximum absolute atomic E-state index is 13.9. The van der Waals surface area contributed by atoms with Gasteiger partial charge >= 0.3 is 0 Å². The maximum Gasteiger partial charge on any atom is 0.281 e. The van der Waals surface area contributed by atoms with Gasteiger partial charge in [-0.15, -0.1) is 11.3 Å². The highest BCUT2D eigenvalue weighted by Crippen LogP contribution is 2.36. The monoisotopic (exact) mass is 624 g/mol. The minimum atomic E-state index is -4.10. The molecule has 2 heterocycles. The minimum absolute atomic E-state index is 0.0259. The van der Waals surface area contributed by atoms with E-state index in [1.807, 2.05) is 30.3 Å². The molecular formula is C30H26ClFN4O4S2. The summed E-state index contributed by atoms with van der Waals surface area (Å²) < 4.78 is 48.4. The smallest absolute Gasteiger partial charge is 0.281 e. The minimum Gasteiger partial charge on any atom is -0.504 e. The molecule has 5 rings (SSSR count). The third kappa shape index (κ3) is 6.48. The topological polar surface area (TPSA) is 113 Å². The van der Waals surface area contributed by atoms with Gasteiger partial charge < -0.3 is 15.2 Å². The molecule has 0 aliphatic rings. The molecule has 8 nitrogen and oxygen atoms in total. The van der Waals surface area contributed by atoms with Gasteiger partial charge in [-0.05, 0) is 48.4 Å². The summed E-state index contributed by atoms with van der Waals surface area (Å²) in [7, 11) is -2.63. The highest BCUT2D eigenvalue weighted by atomic mass is 35.5. The van der Waals surface area contributed by atoms with Gasteiger partial charge in [0.25, 0.3) is 10.0 Å². The summed E-state index contributed by atoms with van der Waals surface area (Å²) in [5.41, 5.74) is 3.68. The molecule has 0 saturated heterocycles. The number of halogens is 2. The summed E-state index contributed by atoms with van der Waals surface area (Å²) >= 11 is 7.22. The lowest BCUT2D eigenvalue weighted by atomic mass is 10.1. The van der Waals surface area contributed by atoms with Crippen LogP contribution < -0.4 is 14.8 Å². The first-order valence-electron chi connectivity index (χ1n) is 12.7. The zero-order valence-electron chi connectivity index (χ0n) is 22.6. The number of anilines is 2. The van der Waals surface area contributed by atoms with Crippen molar-refractivity contribution in [2.75, 3.05) is 17.1 Å². The molecule has 0 radical (unpaired) electrons. The molecule has 0 atom stereocenters. The zero-order valence-corrected chi connectivity index (χ0v) is 24.9. The summed E-state index contributed by atoms with van der Waals surface area (Å²) in [6.07, 6.45) is 1.90. The van der Waals surface area contributed by atoms with E-state index < -0.39 is 15.8 Å². The summed E-state index contributed by atoms with van der Waals surface area (Å²) in [6.45, 7) is 1.92. The molecular weight excluding hydrogens is 599 g/mol. The standard InChI is InChI=1S/C30H26ClFN4O4S2/c1-18-13-22(33-16-21-9-6-10-25(40-2)28(21)37)17-34-29(18)42(38,39)36-30-35-27(20-11-12-24(32)23(31)15-20)26(41-30)14-19-7-4-3-5-8-19/h3-13,15,17,33,37H,14,16H2,1-2H3,(H,35,36). The van der Waals surface area contributed by atoms with Crippen molar-refractivity contribution in [3.05, 3.63) is 111 Å². The molecule has 0 amide bonds. The molecule has 0 unspecified atom stereocenters.